The molecule has 0 spiro atoms. The highest BCUT2D eigenvalue weighted by atomic mass is 16.5. The lowest BCUT2D eigenvalue weighted by atomic mass is 10.1. The van der Waals surface area contributed by atoms with Crippen molar-refractivity contribution in [2.75, 3.05) is 25.6 Å². The third-order valence-corrected chi connectivity index (χ3v) is 3.05. The molecule has 0 saturated carbocycles. The summed E-state index contributed by atoms with van der Waals surface area (Å²) in [5, 5.41) is 2.68. The first-order chi connectivity index (χ1) is 9.54. The largest absolute Gasteiger partial charge is 0.381 e. The van der Waals surface area contributed by atoms with Gasteiger partial charge in [0.2, 0.25) is 5.91 Å². The van der Waals surface area contributed by atoms with Crippen LogP contribution in [0.2, 0.25) is 0 Å². The molecule has 1 N–H and O–H groups in total. The van der Waals surface area contributed by atoms with E-state index in [2.05, 4.69) is 5.32 Å². The molecule has 0 radical (unpaired) electrons. The fraction of sp³-hybridized carbons (Fsp3) is 0.357. The van der Waals surface area contributed by atoms with Crippen molar-refractivity contribution >= 4 is 23.4 Å². The number of carbonyl (C=O) groups excluding carboxylic acids is 3. The summed E-state index contributed by atoms with van der Waals surface area (Å²) in [6.45, 7) is 2.78. The maximum atomic E-state index is 11.8. The van der Waals surface area contributed by atoms with Crippen molar-refractivity contribution < 1.29 is 19.1 Å². The molecule has 1 aliphatic rings. The summed E-state index contributed by atoms with van der Waals surface area (Å²) in [4.78, 5) is 36.2. The second-order valence-electron chi connectivity index (χ2n) is 4.42. The topological polar surface area (TPSA) is 75.7 Å². The summed E-state index contributed by atoms with van der Waals surface area (Å²) in [7, 11) is 1.44. The zero-order valence-electron chi connectivity index (χ0n) is 11.4. The fourth-order valence-corrected chi connectivity index (χ4v) is 1.97. The number of nitrogens with one attached hydrogen (secondary N) is 1. The minimum absolute atomic E-state index is 0.191. The van der Waals surface area contributed by atoms with E-state index < -0.39 is 0 Å². The Balaban J connectivity index is 2.07. The van der Waals surface area contributed by atoms with E-state index in [9.17, 15) is 14.4 Å². The van der Waals surface area contributed by atoms with Crippen LogP contribution in [0.5, 0.6) is 0 Å². The molecule has 6 heteroatoms. The van der Waals surface area contributed by atoms with Crippen molar-refractivity contribution in [3.8, 4) is 0 Å². The van der Waals surface area contributed by atoms with Crippen LogP contribution in [0, 0.1) is 0 Å². The summed E-state index contributed by atoms with van der Waals surface area (Å²) < 4.78 is 5.09. The first kappa shape index (κ1) is 14.2. The minimum Gasteiger partial charge on any atom is -0.381 e. The molecule has 0 saturated heterocycles. The molecule has 2 rings (SSSR count). The van der Waals surface area contributed by atoms with E-state index in [1.165, 1.54) is 13.1 Å². The van der Waals surface area contributed by atoms with Crippen LogP contribution in [0.3, 0.4) is 0 Å². The zero-order valence-corrected chi connectivity index (χ0v) is 11.4. The molecule has 20 heavy (non-hydrogen) atoms. The molecule has 0 fully saturated rings. The van der Waals surface area contributed by atoms with Gasteiger partial charge in [0.25, 0.3) is 11.8 Å². The molecule has 3 amide bonds. The number of nitrogens with zero attached hydrogens (tertiary/aromatic N) is 1. The van der Waals surface area contributed by atoms with Gasteiger partial charge in [0.1, 0.15) is 0 Å². The molecule has 6 nitrogen and oxygen atoms in total. The van der Waals surface area contributed by atoms with Crippen LogP contribution in [0.15, 0.2) is 18.2 Å². The van der Waals surface area contributed by atoms with Gasteiger partial charge in [-0.1, -0.05) is 0 Å². The van der Waals surface area contributed by atoms with Crippen LogP contribution in [0.25, 0.3) is 0 Å². The predicted molar refractivity (Wildman–Crippen MR) is 72.6 cm³/mol. The SMILES string of the molecule is CCOCCC(=O)Nc1ccc2c(c1)C(=O)N(C)C2=O. The summed E-state index contributed by atoms with van der Waals surface area (Å²) in [6, 6.07) is 4.69. The standard InChI is InChI=1S/C14H16N2O4/c1-3-20-7-6-12(17)15-9-4-5-10-11(8-9)14(19)16(2)13(10)18/h4-5,8H,3,6-7H2,1-2H3,(H,15,17). The lowest BCUT2D eigenvalue weighted by molar-refractivity contribution is -0.117. The van der Waals surface area contributed by atoms with E-state index in [1.807, 2.05) is 6.92 Å². The maximum Gasteiger partial charge on any atom is 0.261 e. The molecule has 1 heterocycles. The summed E-state index contributed by atoms with van der Waals surface area (Å²) in [5.41, 5.74) is 1.19. The highest BCUT2D eigenvalue weighted by Gasteiger charge is 2.32. The first-order valence-electron chi connectivity index (χ1n) is 6.38. The highest BCUT2D eigenvalue weighted by molar-refractivity contribution is 6.21. The molecule has 1 aromatic rings. The second-order valence-corrected chi connectivity index (χ2v) is 4.42. The Morgan fingerprint density at radius 1 is 1.25 bits per heavy atom. The van der Waals surface area contributed by atoms with Crippen molar-refractivity contribution in [2.24, 2.45) is 0 Å². The van der Waals surface area contributed by atoms with Gasteiger partial charge in [0, 0.05) is 19.3 Å². The highest BCUT2D eigenvalue weighted by Crippen LogP contribution is 2.24. The van der Waals surface area contributed by atoms with Crippen LogP contribution < -0.4 is 5.32 Å². The van der Waals surface area contributed by atoms with E-state index in [1.54, 1.807) is 12.1 Å². The minimum atomic E-state index is -0.351. The Kier molecular flexibility index (Phi) is 4.14. The summed E-state index contributed by atoms with van der Waals surface area (Å²) >= 11 is 0. The van der Waals surface area contributed by atoms with Crippen LogP contribution in [-0.2, 0) is 9.53 Å². The summed E-state index contributed by atoms with van der Waals surface area (Å²) in [6.07, 6.45) is 0.248. The molecule has 0 atom stereocenters. The molecule has 1 aliphatic heterocycles. The fourth-order valence-electron chi connectivity index (χ4n) is 1.97. The number of hydrogen-bond acceptors (Lipinski definition) is 4. The lowest BCUT2D eigenvalue weighted by Crippen LogP contribution is -2.24. The van der Waals surface area contributed by atoms with Gasteiger partial charge in [-0.2, -0.15) is 0 Å². The molecule has 0 aromatic heterocycles. The van der Waals surface area contributed by atoms with Gasteiger partial charge in [-0.05, 0) is 25.1 Å². The zero-order chi connectivity index (χ0) is 14.7. The van der Waals surface area contributed by atoms with Crippen molar-refractivity contribution in [1.29, 1.82) is 0 Å². The second kappa shape index (κ2) is 5.83. The van der Waals surface area contributed by atoms with E-state index in [0.717, 1.165) is 4.90 Å². The van der Waals surface area contributed by atoms with E-state index in [4.69, 9.17) is 4.74 Å². The normalized spacial score (nSPS) is 13.6. The molecular formula is C14H16N2O4. The van der Waals surface area contributed by atoms with E-state index >= 15 is 0 Å². The van der Waals surface area contributed by atoms with Gasteiger partial charge in [-0.25, -0.2) is 0 Å². The Hall–Kier alpha value is -2.21. The quantitative estimate of drug-likeness (QED) is 0.649. The van der Waals surface area contributed by atoms with Gasteiger partial charge < -0.3 is 10.1 Å². The van der Waals surface area contributed by atoms with Crippen molar-refractivity contribution in [1.82, 2.24) is 4.90 Å². The van der Waals surface area contributed by atoms with Crippen LogP contribution in [0.1, 0.15) is 34.1 Å². The smallest absolute Gasteiger partial charge is 0.261 e. The average molecular weight is 276 g/mol. The van der Waals surface area contributed by atoms with Crippen LogP contribution in [0.4, 0.5) is 5.69 Å². The lowest BCUT2D eigenvalue weighted by Gasteiger charge is -2.06. The molecule has 0 unspecified atom stereocenters. The third-order valence-electron chi connectivity index (χ3n) is 3.05. The number of imide groups is 1. The number of amides is 3. The molecule has 1 aromatic carbocycles. The van der Waals surface area contributed by atoms with Gasteiger partial charge in [0.05, 0.1) is 24.2 Å². The molecule has 0 aliphatic carbocycles. The number of fused-ring (bicyclic) bond motifs is 1. The summed E-state index contributed by atoms with van der Waals surface area (Å²) in [5.74, 6) is -0.863. The maximum absolute atomic E-state index is 11.8. The molecule has 106 valence electrons. The Bertz CT molecular complexity index is 568. The number of carbonyl (C=O) groups is 3. The van der Waals surface area contributed by atoms with E-state index in [-0.39, 0.29) is 24.1 Å². The number of anilines is 1. The van der Waals surface area contributed by atoms with Gasteiger partial charge in [-0.3, -0.25) is 19.3 Å². The number of hydrogen-bond donors (Lipinski definition) is 1. The molecule has 0 bridgehead atoms. The Morgan fingerprint density at radius 2 is 1.95 bits per heavy atom. The van der Waals surface area contributed by atoms with Crippen LogP contribution >= 0.6 is 0 Å². The van der Waals surface area contributed by atoms with Crippen molar-refractivity contribution in [3.05, 3.63) is 29.3 Å². The van der Waals surface area contributed by atoms with Crippen molar-refractivity contribution in [2.45, 2.75) is 13.3 Å². The number of rotatable bonds is 5. The molecular weight excluding hydrogens is 260 g/mol. The average Bonchev–Trinajstić information content (AvgIpc) is 2.64. The monoisotopic (exact) mass is 276 g/mol. The van der Waals surface area contributed by atoms with Gasteiger partial charge >= 0.3 is 0 Å². The van der Waals surface area contributed by atoms with Crippen molar-refractivity contribution in [3.63, 3.8) is 0 Å². The van der Waals surface area contributed by atoms with Crippen LogP contribution in [-0.4, -0.2) is 42.9 Å². The number of ether oxygens (including phenoxy) is 1. The Labute approximate surface area is 116 Å². The van der Waals surface area contributed by atoms with Gasteiger partial charge in [-0.15, -0.1) is 0 Å². The Morgan fingerprint density at radius 3 is 2.65 bits per heavy atom. The van der Waals surface area contributed by atoms with E-state index in [0.29, 0.717) is 30.0 Å². The van der Waals surface area contributed by atoms with Gasteiger partial charge in [0.15, 0.2) is 0 Å². The first-order valence-corrected chi connectivity index (χ1v) is 6.38. The number of benzene rings is 1. The third kappa shape index (κ3) is 2.70. The predicted octanol–water partition coefficient (Wildman–Crippen LogP) is 1.28.